The zero-order valence-electron chi connectivity index (χ0n) is 16.0. The fourth-order valence-corrected chi connectivity index (χ4v) is 5.13. The van der Waals surface area contributed by atoms with Crippen LogP contribution in [0.2, 0.25) is 0 Å². The molecule has 1 amide bonds. The van der Waals surface area contributed by atoms with Gasteiger partial charge in [0.1, 0.15) is 5.60 Å². The van der Waals surface area contributed by atoms with Crippen LogP contribution in [0.4, 0.5) is 4.79 Å². The summed E-state index contributed by atoms with van der Waals surface area (Å²) in [6.45, 7) is 5.70. The third kappa shape index (κ3) is 6.39. The van der Waals surface area contributed by atoms with Crippen molar-refractivity contribution in [2.24, 2.45) is 17.8 Å². The number of fused-ring (bicyclic) bond motifs is 2. The summed E-state index contributed by atoms with van der Waals surface area (Å²) in [4.78, 5) is 23.3. The molecule has 25 heavy (non-hydrogen) atoms. The number of thioether (sulfide) groups is 1. The molecule has 0 saturated heterocycles. The molecule has 0 unspecified atom stereocenters. The van der Waals surface area contributed by atoms with Crippen molar-refractivity contribution in [1.29, 1.82) is 0 Å². The lowest BCUT2D eigenvalue weighted by molar-refractivity contribution is -0.137. The molecule has 0 spiro atoms. The Balaban J connectivity index is 1.72. The second-order valence-corrected chi connectivity index (χ2v) is 9.40. The lowest BCUT2D eigenvalue weighted by Crippen LogP contribution is -2.46. The highest BCUT2D eigenvalue weighted by atomic mass is 32.2. The fourth-order valence-electron chi connectivity index (χ4n) is 4.29. The molecule has 5 nitrogen and oxygen atoms in total. The van der Waals surface area contributed by atoms with E-state index in [2.05, 4.69) is 10.1 Å². The minimum Gasteiger partial charge on any atom is -0.468 e. The Morgan fingerprint density at radius 2 is 1.88 bits per heavy atom. The first-order valence-corrected chi connectivity index (χ1v) is 10.6. The van der Waals surface area contributed by atoms with E-state index in [9.17, 15) is 9.59 Å². The van der Waals surface area contributed by atoms with Gasteiger partial charge in [0, 0.05) is 6.04 Å². The van der Waals surface area contributed by atoms with Crippen LogP contribution in [0.3, 0.4) is 0 Å². The summed E-state index contributed by atoms with van der Waals surface area (Å²) >= 11 is 1.64. The van der Waals surface area contributed by atoms with Gasteiger partial charge in [-0.05, 0) is 76.4 Å². The van der Waals surface area contributed by atoms with Crippen LogP contribution in [0.25, 0.3) is 0 Å². The molecule has 2 aliphatic rings. The number of carbonyl (C=O) groups excluding carboxylic acids is 2. The van der Waals surface area contributed by atoms with Crippen LogP contribution in [0.5, 0.6) is 0 Å². The molecule has 0 aliphatic heterocycles. The third-order valence-corrected chi connectivity index (χ3v) is 6.31. The van der Waals surface area contributed by atoms with Crippen molar-refractivity contribution in [2.45, 2.75) is 70.9 Å². The van der Waals surface area contributed by atoms with E-state index in [0.717, 1.165) is 30.9 Å². The number of nitrogens with one attached hydrogen (secondary N) is 1. The predicted molar refractivity (Wildman–Crippen MR) is 101 cm³/mol. The van der Waals surface area contributed by atoms with Crippen LogP contribution >= 0.6 is 11.8 Å². The van der Waals surface area contributed by atoms with Crippen LogP contribution in [0.1, 0.15) is 59.3 Å². The van der Waals surface area contributed by atoms with Crippen LogP contribution in [-0.4, -0.2) is 42.3 Å². The van der Waals surface area contributed by atoms with Crippen molar-refractivity contribution in [3.63, 3.8) is 0 Å². The highest BCUT2D eigenvalue weighted by molar-refractivity contribution is 7.99. The molecule has 0 aromatic heterocycles. The SMILES string of the molecule is COC(=O)CSCCCC[C@H]1[C@@H]2CC[C@@H](C2)[C@@H]1NC(=O)OC(C)(C)C. The van der Waals surface area contributed by atoms with E-state index in [1.165, 1.54) is 26.4 Å². The van der Waals surface area contributed by atoms with Crippen LogP contribution in [0, 0.1) is 17.8 Å². The van der Waals surface area contributed by atoms with Crippen LogP contribution < -0.4 is 5.32 Å². The summed E-state index contributed by atoms with van der Waals surface area (Å²) < 4.78 is 10.1. The number of alkyl carbamates (subject to hydrolysis) is 1. The maximum atomic E-state index is 12.2. The first-order valence-electron chi connectivity index (χ1n) is 9.44. The first-order chi connectivity index (χ1) is 11.8. The molecule has 1 N–H and O–H groups in total. The van der Waals surface area contributed by atoms with Crippen molar-refractivity contribution < 1.29 is 19.1 Å². The average Bonchev–Trinajstić information content (AvgIpc) is 3.10. The molecule has 6 heteroatoms. The van der Waals surface area contributed by atoms with Gasteiger partial charge < -0.3 is 14.8 Å². The Bertz CT molecular complexity index is 463. The minimum absolute atomic E-state index is 0.153. The van der Waals surface area contributed by atoms with Gasteiger partial charge in [-0.1, -0.05) is 6.42 Å². The largest absolute Gasteiger partial charge is 0.468 e. The minimum atomic E-state index is -0.450. The molecule has 0 radical (unpaired) electrons. The number of hydrogen-bond acceptors (Lipinski definition) is 5. The molecule has 2 aliphatic carbocycles. The van der Waals surface area contributed by atoms with E-state index in [0.29, 0.717) is 17.6 Å². The number of ether oxygens (including phenoxy) is 2. The molecule has 2 bridgehead atoms. The Kier molecular flexibility index (Phi) is 7.47. The average molecular weight is 372 g/mol. The first kappa shape index (κ1) is 20.4. The van der Waals surface area contributed by atoms with Crippen molar-refractivity contribution >= 4 is 23.8 Å². The maximum absolute atomic E-state index is 12.2. The number of esters is 1. The van der Waals surface area contributed by atoms with Gasteiger partial charge in [-0.25, -0.2) is 4.79 Å². The summed E-state index contributed by atoms with van der Waals surface area (Å²) in [5, 5.41) is 3.16. The van der Waals surface area contributed by atoms with Gasteiger partial charge in [0.05, 0.1) is 12.9 Å². The van der Waals surface area contributed by atoms with Crippen molar-refractivity contribution in [3.05, 3.63) is 0 Å². The molecule has 144 valence electrons. The lowest BCUT2D eigenvalue weighted by Gasteiger charge is -2.32. The summed E-state index contributed by atoms with van der Waals surface area (Å²) in [6, 6.07) is 0.274. The van der Waals surface area contributed by atoms with Crippen LogP contribution in [-0.2, 0) is 14.3 Å². The Hall–Kier alpha value is -0.910. The smallest absolute Gasteiger partial charge is 0.407 e. The highest BCUT2D eigenvalue weighted by Crippen LogP contribution is 2.50. The summed E-state index contributed by atoms with van der Waals surface area (Å²) in [5.41, 5.74) is -0.450. The molecule has 0 aromatic rings. The maximum Gasteiger partial charge on any atom is 0.407 e. The number of rotatable bonds is 8. The Labute approximate surface area is 156 Å². The monoisotopic (exact) mass is 371 g/mol. The van der Waals surface area contributed by atoms with E-state index in [1.807, 2.05) is 20.8 Å². The summed E-state index contributed by atoms with van der Waals surface area (Å²) in [6.07, 6.45) is 6.92. The summed E-state index contributed by atoms with van der Waals surface area (Å²) in [7, 11) is 1.43. The molecule has 2 saturated carbocycles. The normalized spacial score (nSPS) is 28.0. The number of methoxy groups -OCH3 is 1. The molecular weight excluding hydrogens is 338 g/mol. The quantitative estimate of drug-likeness (QED) is 0.516. The van der Waals surface area contributed by atoms with E-state index in [4.69, 9.17) is 4.74 Å². The molecule has 2 rings (SSSR count). The number of carbonyl (C=O) groups is 2. The zero-order valence-corrected chi connectivity index (χ0v) is 16.8. The summed E-state index contributed by atoms with van der Waals surface area (Å²) in [5.74, 6) is 3.23. The number of unbranched alkanes of at least 4 members (excludes halogenated alkanes) is 1. The third-order valence-electron chi connectivity index (χ3n) is 5.30. The van der Waals surface area contributed by atoms with Crippen LogP contribution in [0.15, 0.2) is 0 Å². The standard InChI is InChI=1S/C19H33NO4S/c1-19(2,3)24-18(22)20-17-14-9-8-13(11-14)15(17)7-5-6-10-25-12-16(21)23-4/h13-15,17H,5-12H2,1-4H3,(H,20,22)/t13-,14+,15+,17+/m1/s1. The fraction of sp³-hybridized carbons (Fsp3) is 0.895. The van der Waals surface area contributed by atoms with Gasteiger partial charge in [0.15, 0.2) is 0 Å². The Morgan fingerprint density at radius 1 is 1.16 bits per heavy atom. The number of amides is 1. The van der Waals surface area contributed by atoms with E-state index in [-0.39, 0.29) is 18.1 Å². The van der Waals surface area contributed by atoms with Gasteiger partial charge >= 0.3 is 12.1 Å². The second kappa shape index (κ2) is 9.15. The molecule has 4 atom stereocenters. The predicted octanol–water partition coefficient (Wildman–Crippen LogP) is 4.00. The van der Waals surface area contributed by atoms with Gasteiger partial charge in [0.25, 0.3) is 0 Å². The molecular formula is C19H33NO4S. The van der Waals surface area contributed by atoms with Crippen molar-refractivity contribution in [1.82, 2.24) is 5.32 Å². The zero-order chi connectivity index (χ0) is 18.4. The van der Waals surface area contributed by atoms with Gasteiger partial charge in [-0.15, -0.1) is 0 Å². The second-order valence-electron chi connectivity index (χ2n) is 8.29. The van der Waals surface area contributed by atoms with E-state index in [1.54, 1.807) is 11.8 Å². The van der Waals surface area contributed by atoms with Crippen molar-refractivity contribution in [3.8, 4) is 0 Å². The van der Waals surface area contributed by atoms with Gasteiger partial charge in [-0.2, -0.15) is 11.8 Å². The van der Waals surface area contributed by atoms with Gasteiger partial charge in [-0.3, -0.25) is 4.79 Å². The topological polar surface area (TPSA) is 64.6 Å². The lowest BCUT2D eigenvalue weighted by atomic mass is 9.81. The molecule has 0 heterocycles. The highest BCUT2D eigenvalue weighted by Gasteiger charge is 2.47. The molecule has 2 fully saturated rings. The van der Waals surface area contributed by atoms with E-state index >= 15 is 0 Å². The van der Waals surface area contributed by atoms with E-state index < -0.39 is 5.60 Å². The van der Waals surface area contributed by atoms with Gasteiger partial charge in [0.2, 0.25) is 0 Å². The Morgan fingerprint density at radius 3 is 2.56 bits per heavy atom. The molecule has 0 aromatic carbocycles. The van der Waals surface area contributed by atoms with Crippen molar-refractivity contribution in [2.75, 3.05) is 18.6 Å². The number of hydrogen-bond donors (Lipinski definition) is 1.